The van der Waals surface area contributed by atoms with E-state index in [1.807, 2.05) is 17.0 Å². The molecule has 0 saturated carbocycles. The third-order valence-corrected chi connectivity index (χ3v) is 5.00. The number of hydrogen-bond acceptors (Lipinski definition) is 2. The van der Waals surface area contributed by atoms with Crippen LogP contribution < -0.4 is 10.1 Å². The Morgan fingerprint density at radius 1 is 1.08 bits per heavy atom. The number of ether oxygens (including phenoxy) is 1. The second-order valence-electron chi connectivity index (χ2n) is 7.92. The molecule has 1 saturated heterocycles. The SMILES string of the molecule is COc1ccc(CCN2C[C@H](c3ccc(C(C)(C)C)cc3)NC2=O)cc1. The molecule has 0 unspecified atom stereocenters. The molecule has 3 rings (SSSR count). The zero-order valence-corrected chi connectivity index (χ0v) is 16.1. The van der Waals surface area contributed by atoms with Crippen molar-refractivity contribution < 1.29 is 9.53 Å². The van der Waals surface area contributed by atoms with Crippen LogP contribution in [-0.4, -0.2) is 31.1 Å². The van der Waals surface area contributed by atoms with Crippen LogP contribution in [0.25, 0.3) is 0 Å². The van der Waals surface area contributed by atoms with Crippen molar-refractivity contribution in [2.24, 2.45) is 0 Å². The molecule has 1 aliphatic rings. The fourth-order valence-electron chi connectivity index (χ4n) is 3.24. The van der Waals surface area contributed by atoms with Gasteiger partial charge in [-0.2, -0.15) is 0 Å². The molecule has 1 fully saturated rings. The van der Waals surface area contributed by atoms with Crippen molar-refractivity contribution >= 4 is 6.03 Å². The van der Waals surface area contributed by atoms with Gasteiger partial charge in [-0.15, -0.1) is 0 Å². The van der Waals surface area contributed by atoms with E-state index in [2.05, 4.69) is 62.5 Å². The maximum absolute atomic E-state index is 12.3. The number of nitrogens with one attached hydrogen (secondary N) is 1. The van der Waals surface area contributed by atoms with Crippen LogP contribution in [0.15, 0.2) is 48.5 Å². The summed E-state index contributed by atoms with van der Waals surface area (Å²) in [6.07, 6.45) is 0.840. The summed E-state index contributed by atoms with van der Waals surface area (Å²) in [5, 5.41) is 3.10. The number of urea groups is 1. The number of carbonyl (C=O) groups excluding carboxylic acids is 1. The van der Waals surface area contributed by atoms with Gasteiger partial charge in [0, 0.05) is 13.1 Å². The van der Waals surface area contributed by atoms with Crippen molar-refractivity contribution in [3.8, 4) is 5.75 Å². The molecular weight excluding hydrogens is 324 g/mol. The Hall–Kier alpha value is -2.49. The van der Waals surface area contributed by atoms with Crippen LogP contribution in [0, 0.1) is 0 Å². The molecule has 2 amide bonds. The minimum absolute atomic E-state index is 0.0170. The number of hydrogen-bond donors (Lipinski definition) is 1. The second kappa shape index (κ2) is 7.40. The maximum Gasteiger partial charge on any atom is 0.318 e. The monoisotopic (exact) mass is 352 g/mol. The lowest BCUT2D eigenvalue weighted by Crippen LogP contribution is -2.30. The molecule has 1 N–H and O–H groups in total. The van der Waals surface area contributed by atoms with Crippen LogP contribution in [0.5, 0.6) is 5.75 Å². The summed E-state index contributed by atoms with van der Waals surface area (Å²) in [7, 11) is 1.66. The fraction of sp³-hybridized carbons (Fsp3) is 0.409. The van der Waals surface area contributed by atoms with E-state index in [0.717, 1.165) is 18.7 Å². The van der Waals surface area contributed by atoms with Gasteiger partial charge in [-0.25, -0.2) is 4.79 Å². The summed E-state index contributed by atoms with van der Waals surface area (Å²) in [5.74, 6) is 0.853. The van der Waals surface area contributed by atoms with Crippen molar-refractivity contribution in [3.05, 3.63) is 65.2 Å². The summed E-state index contributed by atoms with van der Waals surface area (Å²) in [6, 6.07) is 16.7. The average molecular weight is 352 g/mol. The molecule has 1 heterocycles. The summed E-state index contributed by atoms with van der Waals surface area (Å²) < 4.78 is 5.18. The summed E-state index contributed by atoms with van der Waals surface area (Å²) in [4.78, 5) is 14.2. The van der Waals surface area contributed by atoms with Crippen LogP contribution in [-0.2, 0) is 11.8 Å². The van der Waals surface area contributed by atoms with Crippen molar-refractivity contribution in [3.63, 3.8) is 0 Å². The quantitative estimate of drug-likeness (QED) is 0.871. The van der Waals surface area contributed by atoms with E-state index in [0.29, 0.717) is 6.54 Å². The Morgan fingerprint density at radius 3 is 2.31 bits per heavy atom. The van der Waals surface area contributed by atoms with Crippen LogP contribution in [0.2, 0.25) is 0 Å². The van der Waals surface area contributed by atoms with Gasteiger partial charge in [0.1, 0.15) is 5.75 Å². The smallest absolute Gasteiger partial charge is 0.318 e. The number of amides is 2. The van der Waals surface area contributed by atoms with E-state index < -0.39 is 0 Å². The van der Waals surface area contributed by atoms with Crippen molar-refractivity contribution in [2.45, 2.75) is 38.6 Å². The van der Waals surface area contributed by atoms with E-state index >= 15 is 0 Å². The molecule has 0 radical (unpaired) electrons. The molecule has 4 heteroatoms. The Kier molecular flexibility index (Phi) is 5.21. The van der Waals surface area contributed by atoms with Gasteiger partial charge in [-0.1, -0.05) is 57.2 Å². The number of nitrogens with zero attached hydrogens (tertiary/aromatic N) is 1. The van der Waals surface area contributed by atoms with Gasteiger partial charge in [0.15, 0.2) is 0 Å². The summed E-state index contributed by atoms with van der Waals surface area (Å²) in [6.45, 7) is 8.05. The lowest BCUT2D eigenvalue weighted by Gasteiger charge is -2.20. The third kappa shape index (κ3) is 4.18. The van der Waals surface area contributed by atoms with E-state index in [9.17, 15) is 4.79 Å². The Labute approximate surface area is 156 Å². The van der Waals surface area contributed by atoms with Gasteiger partial charge in [-0.3, -0.25) is 0 Å². The Bertz CT molecular complexity index is 745. The largest absolute Gasteiger partial charge is 0.497 e. The molecule has 2 aromatic rings. The highest BCUT2D eigenvalue weighted by molar-refractivity contribution is 5.77. The number of carbonyl (C=O) groups is 1. The second-order valence-corrected chi connectivity index (χ2v) is 7.92. The van der Waals surface area contributed by atoms with Crippen LogP contribution in [0.3, 0.4) is 0 Å². The molecule has 0 bridgehead atoms. The first-order valence-corrected chi connectivity index (χ1v) is 9.15. The number of benzene rings is 2. The van der Waals surface area contributed by atoms with Crippen molar-refractivity contribution in [2.75, 3.05) is 20.2 Å². The Morgan fingerprint density at radius 2 is 1.73 bits per heavy atom. The Balaban J connectivity index is 1.59. The predicted molar refractivity (Wildman–Crippen MR) is 105 cm³/mol. The summed E-state index contributed by atoms with van der Waals surface area (Å²) >= 11 is 0. The van der Waals surface area contributed by atoms with Crippen LogP contribution >= 0.6 is 0 Å². The predicted octanol–water partition coefficient (Wildman–Crippen LogP) is 4.30. The molecule has 0 aliphatic carbocycles. The minimum Gasteiger partial charge on any atom is -0.497 e. The van der Waals surface area contributed by atoms with E-state index in [4.69, 9.17) is 4.74 Å². The summed E-state index contributed by atoms with van der Waals surface area (Å²) in [5.41, 5.74) is 3.82. The standard InChI is InChI=1S/C22H28N2O2/c1-22(2,3)18-9-7-17(8-10-18)20-15-24(21(25)23-20)14-13-16-5-11-19(26-4)12-6-16/h5-12,20H,13-15H2,1-4H3,(H,23,25)/t20-/m1/s1. The molecule has 2 aromatic carbocycles. The molecule has 1 atom stereocenters. The molecule has 0 aromatic heterocycles. The van der Waals surface area contributed by atoms with Gasteiger partial charge in [-0.05, 0) is 40.7 Å². The number of methoxy groups -OCH3 is 1. The van der Waals surface area contributed by atoms with Crippen LogP contribution in [0.1, 0.15) is 43.5 Å². The topological polar surface area (TPSA) is 41.6 Å². The normalized spacial score (nSPS) is 17.3. The van der Waals surface area contributed by atoms with Crippen molar-refractivity contribution in [1.29, 1.82) is 0 Å². The highest BCUT2D eigenvalue weighted by atomic mass is 16.5. The van der Waals surface area contributed by atoms with Crippen LogP contribution in [0.4, 0.5) is 4.79 Å². The van der Waals surface area contributed by atoms with Gasteiger partial charge >= 0.3 is 6.03 Å². The van der Waals surface area contributed by atoms with E-state index in [1.54, 1.807) is 7.11 Å². The zero-order valence-electron chi connectivity index (χ0n) is 16.1. The molecular formula is C22H28N2O2. The minimum atomic E-state index is 0.0170. The van der Waals surface area contributed by atoms with E-state index in [1.165, 1.54) is 16.7 Å². The van der Waals surface area contributed by atoms with Gasteiger partial charge in [0.2, 0.25) is 0 Å². The zero-order chi connectivity index (χ0) is 18.7. The van der Waals surface area contributed by atoms with Gasteiger partial charge in [0.25, 0.3) is 0 Å². The maximum atomic E-state index is 12.3. The first-order chi connectivity index (χ1) is 12.4. The molecule has 4 nitrogen and oxygen atoms in total. The highest BCUT2D eigenvalue weighted by Gasteiger charge is 2.29. The van der Waals surface area contributed by atoms with E-state index in [-0.39, 0.29) is 17.5 Å². The van der Waals surface area contributed by atoms with Gasteiger partial charge < -0.3 is 15.0 Å². The molecule has 138 valence electrons. The molecule has 1 aliphatic heterocycles. The average Bonchev–Trinajstić information content (AvgIpc) is 3.00. The lowest BCUT2D eigenvalue weighted by molar-refractivity contribution is 0.218. The van der Waals surface area contributed by atoms with Gasteiger partial charge in [0.05, 0.1) is 13.2 Å². The third-order valence-electron chi connectivity index (χ3n) is 5.00. The van der Waals surface area contributed by atoms with Crippen molar-refractivity contribution in [1.82, 2.24) is 10.2 Å². The highest BCUT2D eigenvalue weighted by Crippen LogP contribution is 2.26. The first-order valence-electron chi connectivity index (χ1n) is 9.15. The first kappa shape index (κ1) is 18.3. The fourth-order valence-corrected chi connectivity index (χ4v) is 3.24. The lowest BCUT2D eigenvalue weighted by atomic mass is 9.86. The number of rotatable bonds is 5. The molecule has 26 heavy (non-hydrogen) atoms. The molecule has 0 spiro atoms.